The number of fused-ring (bicyclic) bond motifs is 1. The van der Waals surface area contributed by atoms with Crippen LogP contribution >= 0.6 is 23.1 Å². The van der Waals surface area contributed by atoms with Crippen molar-refractivity contribution in [1.29, 1.82) is 0 Å². The molecule has 106 valence electrons. The summed E-state index contributed by atoms with van der Waals surface area (Å²) in [5.74, 6) is -0.714. The average molecular weight is 317 g/mol. The van der Waals surface area contributed by atoms with Crippen LogP contribution in [0, 0.1) is 0 Å². The standard InChI is InChI=1S/C15H11NO3S2/c17-10-6-7-11-12(8-10)20-15(16-11)21-13(14(18)19)9-4-2-1-3-5-9/h1-8,13,17H,(H,18,19). The summed E-state index contributed by atoms with van der Waals surface area (Å²) in [5.41, 5.74) is 1.50. The number of hydrogen-bond acceptors (Lipinski definition) is 5. The van der Waals surface area contributed by atoms with Gasteiger partial charge in [-0.1, -0.05) is 42.1 Å². The number of phenolic OH excluding ortho intramolecular Hbond substituents is 1. The quantitative estimate of drug-likeness (QED) is 0.714. The molecule has 0 aliphatic heterocycles. The summed E-state index contributed by atoms with van der Waals surface area (Å²) >= 11 is 2.59. The Labute approximate surface area is 129 Å². The molecule has 3 rings (SSSR count). The number of phenols is 1. The van der Waals surface area contributed by atoms with Crippen LogP contribution in [-0.4, -0.2) is 21.2 Å². The lowest BCUT2D eigenvalue weighted by Gasteiger charge is -2.09. The van der Waals surface area contributed by atoms with Crippen molar-refractivity contribution in [2.75, 3.05) is 0 Å². The van der Waals surface area contributed by atoms with E-state index < -0.39 is 11.2 Å². The van der Waals surface area contributed by atoms with E-state index in [0.717, 1.165) is 15.8 Å². The van der Waals surface area contributed by atoms with Gasteiger partial charge in [-0.3, -0.25) is 4.79 Å². The van der Waals surface area contributed by atoms with Crippen LogP contribution < -0.4 is 0 Å². The zero-order valence-corrected chi connectivity index (χ0v) is 12.4. The summed E-state index contributed by atoms with van der Waals surface area (Å²) in [6.07, 6.45) is 0. The van der Waals surface area contributed by atoms with Crippen LogP contribution in [0.3, 0.4) is 0 Å². The van der Waals surface area contributed by atoms with Crippen molar-refractivity contribution in [3.05, 3.63) is 54.1 Å². The lowest BCUT2D eigenvalue weighted by Crippen LogP contribution is -2.07. The number of nitrogens with zero attached hydrogens (tertiary/aromatic N) is 1. The Morgan fingerprint density at radius 2 is 1.95 bits per heavy atom. The second-order valence-corrected chi connectivity index (χ2v) is 6.76. The van der Waals surface area contributed by atoms with Crippen molar-refractivity contribution in [1.82, 2.24) is 4.98 Å². The molecule has 0 amide bonds. The van der Waals surface area contributed by atoms with Gasteiger partial charge in [-0.25, -0.2) is 4.98 Å². The summed E-state index contributed by atoms with van der Waals surface area (Å²) in [6, 6.07) is 14.0. The van der Waals surface area contributed by atoms with Crippen LogP contribution in [0.25, 0.3) is 10.2 Å². The smallest absolute Gasteiger partial charge is 0.321 e. The molecule has 1 heterocycles. The summed E-state index contributed by atoms with van der Waals surface area (Å²) in [7, 11) is 0. The van der Waals surface area contributed by atoms with E-state index in [2.05, 4.69) is 4.98 Å². The fraction of sp³-hybridized carbons (Fsp3) is 0.0667. The van der Waals surface area contributed by atoms with Crippen LogP contribution in [-0.2, 0) is 4.79 Å². The largest absolute Gasteiger partial charge is 0.508 e. The van der Waals surface area contributed by atoms with Gasteiger partial charge in [0, 0.05) is 0 Å². The first-order valence-corrected chi connectivity index (χ1v) is 7.87. The van der Waals surface area contributed by atoms with Gasteiger partial charge in [0.15, 0.2) is 4.34 Å². The van der Waals surface area contributed by atoms with E-state index in [4.69, 9.17) is 0 Å². The number of thioether (sulfide) groups is 1. The van der Waals surface area contributed by atoms with Gasteiger partial charge in [-0.2, -0.15) is 0 Å². The molecule has 0 spiro atoms. The van der Waals surface area contributed by atoms with E-state index in [1.165, 1.54) is 23.1 Å². The molecule has 1 unspecified atom stereocenters. The molecule has 21 heavy (non-hydrogen) atoms. The van der Waals surface area contributed by atoms with E-state index >= 15 is 0 Å². The number of thiazole rings is 1. The molecular weight excluding hydrogens is 306 g/mol. The lowest BCUT2D eigenvalue weighted by atomic mass is 10.1. The molecular formula is C15H11NO3S2. The summed E-state index contributed by atoms with van der Waals surface area (Å²) in [4.78, 5) is 15.9. The monoisotopic (exact) mass is 317 g/mol. The first-order valence-electron chi connectivity index (χ1n) is 6.17. The Kier molecular flexibility index (Phi) is 3.81. The van der Waals surface area contributed by atoms with Crippen LogP contribution in [0.2, 0.25) is 0 Å². The van der Waals surface area contributed by atoms with Crippen LogP contribution in [0.15, 0.2) is 52.9 Å². The highest BCUT2D eigenvalue weighted by molar-refractivity contribution is 8.02. The van der Waals surface area contributed by atoms with Gasteiger partial charge < -0.3 is 10.2 Å². The zero-order valence-electron chi connectivity index (χ0n) is 10.8. The molecule has 6 heteroatoms. The normalized spacial score (nSPS) is 12.4. The molecule has 0 saturated carbocycles. The number of aromatic hydroxyl groups is 1. The Morgan fingerprint density at radius 1 is 1.19 bits per heavy atom. The molecule has 1 aromatic heterocycles. The highest BCUT2D eigenvalue weighted by Gasteiger charge is 2.22. The van der Waals surface area contributed by atoms with Gasteiger partial charge in [-0.05, 0) is 23.8 Å². The molecule has 1 atom stereocenters. The second kappa shape index (κ2) is 5.75. The minimum Gasteiger partial charge on any atom is -0.508 e. The molecule has 0 fully saturated rings. The van der Waals surface area contributed by atoms with Crippen molar-refractivity contribution in [3.63, 3.8) is 0 Å². The number of carbonyl (C=O) groups is 1. The first kappa shape index (κ1) is 13.9. The van der Waals surface area contributed by atoms with Gasteiger partial charge in [0.05, 0.1) is 10.2 Å². The number of carboxylic acids is 1. The molecule has 0 bridgehead atoms. The molecule has 2 aromatic carbocycles. The highest BCUT2D eigenvalue weighted by atomic mass is 32.2. The number of rotatable bonds is 4. The Hall–Kier alpha value is -2.05. The van der Waals surface area contributed by atoms with Crippen LogP contribution in [0.5, 0.6) is 5.75 Å². The first-order chi connectivity index (χ1) is 10.1. The minimum absolute atomic E-state index is 0.181. The van der Waals surface area contributed by atoms with E-state index in [1.54, 1.807) is 30.3 Å². The molecule has 0 aliphatic carbocycles. The van der Waals surface area contributed by atoms with Crippen molar-refractivity contribution in [2.45, 2.75) is 9.59 Å². The third-order valence-corrected chi connectivity index (χ3v) is 5.25. The summed E-state index contributed by atoms with van der Waals surface area (Å²) in [6.45, 7) is 0. The maximum atomic E-state index is 11.5. The van der Waals surface area contributed by atoms with Crippen molar-refractivity contribution >= 4 is 39.3 Å². The van der Waals surface area contributed by atoms with E-state index in [9.17, 15) is 15.0 Å². The van der Waals surface area contributed by atoms with Crippen molar-refractivity contribution in [2.24, 2.45) is 0 Å². The van der Waals surface area contributed by atoms with Gasteiger partial charge in [0.1, 0.15) is 11.0 Å². The van der Waals surface area contributed by atoms with Crippen molar-refractivity contribution in [3.8, 4) is 5.75 Å². The number of aliphatic carboxylic acids is 1. The predicted molar refractivity (Wildman–Crippen MR) is 84.0 cm³/mol. The molecule has 2 N–H and O–H groups in total. The average Bonchev–Trinajstić information content (AvgIpc) is 2.87. The topological polar surface area (TPSA) is 70.4 Å². The summed E-state index contributed by atoms with van der Waals surface area (Å²) in [5, 5.41) is 18.2. The molecule has 0 saturated heterocycles. The molecule has 0 radical (unpaired) electrons. The zero-order chi connectivity index (χ0) is 14.8. The number of aromatic nitrogens is 1. The summed E-state index contributed by atoms with van der Waals surface area (Å²) < 4.78 is 1.52. The predicted octanol–water partition coefficient (Wildman–Crippen LogP) is 3.92. The van der Waals surface area contributed by atoms with Gasteiger partial charge in [0.25, 0.3) is 0 Å². The maximum absolute atomic E-state index is 11.5. The fourth-order valence-corrected chi connectivity index (χ4v) is 4.16. The highest BCUT2D eigenvalue weighted by Crippen LogP contribution is 2.39. The van der Waals surface area contributed by atoms with E-state index in [1.807, 2.05) is 18.2 Å². The van der Waals surface area contributed by atoms with Crippen LogP contribution in [0.4, 0.5) is 0 Å². The third-order valence-electron chi connectivity index (χ3n) is 2.90. The number of benzene rings is 2. The second-order valence-electron chi connectivity index (χ2n) is 4.38. The fourth-order valence-electron chi connectivity index (χ4n) is 1.93. The van der Waals surface area contributed by atoms with Gasteiger partial charge in [0.2, 0.25) is 0 Å². The SMILES string of the molecule is O=C(O)C(Sc1nc2ccc(O)cc2s1)c1ccccc1. The maximum Gasteiger partial charge on any atom is 0.321 e. The minimum atomic E-state index is -0.895. The lowest BCUT2D eigenvalue weighted by molar-refractivity contribution is -0.136. The molecule has 4 nitrogen and oxygen atoms in total. The van der Waals surface area contributed by atoms with Crippen molar-refractivity contribution < 1.29 is 15.0 Å². The van der Waals surface area contributed by atoms with E-state index in [-0.39, 0.29) is 5.75 Å². The number of carboxylic acid groups (broad SMARTS) is 1. The number of hydrogen-bond donors (Lipinski definition) is 2. The Balaban J connectivity index is 1.93. The van der Waals surface area contributed by atoms with Gasteiger partial charge >= 0.3 is 5.97 Å². The van der Waals surface area contributed by atoms with E-state index in [0.29, 0.717) is 4.34 Å². The van der Waals surface area contributed by atoms with Gasteiger partial charge in [-0.15, -0.1) is 11.3 Å². The Bertz CT molecular complexity index is 786. The molecule has 0 aliphatic rings. The third kappa shape index (κ3) is 3.01. The Morgan fingerprint density at radius 3 is 2.67 bits per heavy atom. The van der Waals surface area contributed by atoms with Crippen LogP contribution in [0.1, 0.15) is 10.8 Å². The molecule has 3 aromatic rings.